The number of nitrogens with one attached hydrogen (secondary N) is 1. The maximum atomic E-state index is 5.87. The van der Waals surface area contributed by atoms with Gasteiger partial charge in [0.2, 0.25) is 0 Å². The first kappa shape index (κ1) is 13.1. The summed E-state index contributed by atoms with van der Waals surface area (Å²) >= 11 is 5.87. The SMILES string of the molecule is Clc1cccc(NCc2cccc3c2OCCCO3)n1. The number of hydrogen-bond acceptors (Lipinski definition) is 4. The van der Waals surface area contributed by atoms with E-state index in [0.29, 0.717) is 24.9 Å². The average Bonchev–Trinajstić information content (AvgIpc) is 2.71. The van der Waals surface area contributed by atoms with Gasteiger partial charge >= 0.3 is 0 Å². The van der Waals surface area contributed by atoms with Crippen LogP contribution in [0.1, 0.15) is 12.0 Å². The second-order valence-corrected chi connectivity index (χ2v) is 4.88. The van der Waals surface area contributed by atoms with Crippen LogP contribution in [0.4, 0.5) is 5.82 Å². The Bertz CT molecular complexity index is 604. The summed E-state index contributed by atoms with van der Waals surface area (Å²) in [7, 11) is 0. The van der Waals surface area contributed by atoms with Crippen molar-refractivity contribution in [1.82, 2.24) is 4.98 Å². The molecule has 1 aromatic heterocycles. The van der Waals surface area contributed by atoms with Crippen molar-refractivity contribution in [3.05, 3.63) is 47.1 Å². The predicted molar refractivity (Wildman–Crippen MR) is 78.6 cm³/mol. The lowest BCUT2D eigenvalue weighted by Crippen LogP contribution is -2.04. The maximum Gasteiger partial charge on any atom is 0.166 e. The highest BCUT2D eigenvalue weighted by molar-refractivity contribution is 6.29. The third-order valence-corrected chi connectivity index (χ3v) is 3.24. The summed E-state index contributed by atoms with van der Waals surface area (Å²) in [5.41, 5.74) is 1.05. The molecule has 4 nitrogen and oxygen atoms in total. The Hall–Kier alpha value is -1.94. The molecule has 1 aromatic carbocycles. The van der Waals surface area contributed by atoms with Crippen molar-refractivity contribution < 1.29 is 9.47 Å². The molecule has 0 amide bonds. The van der Waals surface area contributed by atoms with Crippen molar-refractivity contribution in [2.24, 2.45) is 0 Å². The van der Waals surface area contributed by atoms with E-state index >= 15 is 0 Å². The van der Waals surface area contributed by atoms with E-state index in [1.54, 1.807) is 6.07 Å². The summed E-state index contributed by atoms with van der Waals surface area (Å²) in [4.78, 5) is 4.20. The Kier molecular flexibility index (Phi) is 3.92. The van der Waals surface area contributed by atoms with Gasteiger partial charge in [-0.15, -0.1) is 0 Å². The largest absolute Gasteiger partial charge is 0.490 e. The van der Waals surface area contributed by atoms with Gasteiger partial charge in [-0.25, -0.2) is 4.98 Å². The van der Waals surface area contributed by atoms with E-state index in [1.165, 1.54) is 0 Å². The smallest absolute Gasteiger partial charge is 0.166 e. The fraction of sp³-hybridized carbons (Fsp3) is 0.267. The van der Waals surface area contributed by atoms with Crippen LogP contribution in [-0.2, 0) is 6.54 Å². The fourth-order valence-corrected chi connectivity index (χ4v) is 2.25. The van der Waals surface area contributed by atoms with Gasteiger partial charge in [0.15, 0.2) is 11.5 Å². The molecule has 0 bridgehead atoms. The molecule has 0 atom stereocenters. The fourth-order valence-electron chi connectivity index (χ4n) is 2.09. The van der Waals surface area contributed by atoms with Gasteiger partial charge in [0, 0.05) is 18.5 Å². The van der Waals surface area contributed by atoms with Crippen LogP contribution in [0.25, 0.3) is 0 Å². The lowest BCUT2D eigenvalue weighted by molar-refractivity contribution is 0.296. The third kappa shape index (κ3) is 2.96. The lowest BCUT2D eigenvalue weighted by atomic mass is 10.2. The highest BCUT2D eigenvalue weighted by Crippen LogP contribution is 2.33. The molecular weight excluding hydrogens is 276 g/mol. The summed E-state index contributed by atoms with van der Waals surface area (Å²) in [5.74, 6) is 2.37. The van der Waals surface area contributed by atoms with Crippen LogP contribution in [0.3, 0.4) is 0 Å². The number of para-hydroxylation sites is 1. The van der Waals surface area contributed by atoms with Crippen molar-refractivity contribution in [2.75, 3.05) is 18.5 Å². The number of hydrogen-bond donors (Lipinski definition) is 1. The second kappa shape index (κ2) is 6.01. The number of pyridine rings is 1. The van der Waals surface area contributed by atoms with Crippen molar-refractivity contribution >= 4 is 17.4 Å². The van der Waals surface area contributed by atoms with Gasteiger partial charge in [-0.3, -0.25) is 0 Å². The Balaban J connectivity index is 1.77. The lowest BCUT2D eigenvalue weighted by Gasteiger charge is -2.13. The molecule has 20 heavy (non-hydrogen) atoms. The van der Waals surface area contributed by atoms with E-state index in [0.717, 1.165) is 29.3 Å². The standard InChI is InChI=1S/C15H15ClN2O2/c16-13-6-2-7-14(18-13)17-10-11-4-1-5-12-15(11)20-9-3-8-19-12/h1-2,4-7H,3,8-10H2,(H,17,18). The van der Waals surface area contributed by atoms with E-state index in [9.17, 15) is 0 Å². The number of fused-ring (bicyclic) bond motifs is 1. The molecule has 0 saturated heterocycles. The van der Waals surface area contributed by atoms with Crippen LogP contribution < -0.4 is 14.8 Å². The molecule has 5 heteroatoms. The van der Waals surface area contributed by atoms with E-state index < -0.39 is 0 Å². The Morgan fingerprint density at radius 1 is 1.10 bits per heavy atom. The van der Waals surface area contributed by atoms with Crippen molar-refractivity contribution in [1.29, 1.82) is 0 Å². The highest BCUT2D eigenvalue weighted by atomic mass is 35.5. The molecule has 0 fully saturated rings. The molecule has 2 aromatic rings. The molecule has 2 heterocycles. The minimum Gasteiger partial charge on any atom is -0.490 e. The molecule has 1 N–H and O–H groups in total. The zero-order valence-electron chi connectivity index (χ0n) is 10.9. The molecule has 0 spiro atoms. The number of benzene rings is 1. The Labute approximate surface area is 122 Å². The molecule has 1 aliphatic rings. The van der Waals surface area contributed by atoms with E-state index in [4.69, 9.17) is 21.1 Å². The molecule has 104 valence electrons. The number of anilines is 1. The Morgan fingerprint density at radius 2 is 1.95 bits per heavy atom. The summed E-state index contributed by atoms with van der Waals surface area (Å²) in [6.07, 6.45) is 0.900. The minimum atomic E-state index is 0.474. The number of rotatable bonds is 3. The van der Waals surface area contributed by atoms with Gasteiger partial charge in [0.25, 0.3) is 0 Å². The number of nitrogens with zero attached hydrogens (tertiary/aromatic N) is 1. The first-order valence-electron chi connectivity index (χ1n) is 6.57. The van der Waals surface area contributed by atoms with Gasteiger partial charge in [-0.2, -0.15) is 0 Å². The van der Waals surface area contributed by atoms with Gasteiger partial charge in [0.1, 0.15) is 11.0 Å². The highest BCUT2D eigenvalue weighted by Gasteiger charge is 2.14. The summed E-state index contributed by atoms with van der Waals surface area (Å²) in [6, 6.07) is 11.4. The molecule has 0 unspecified atom stereocenters. The molecular formula is C15H15ClN2O2. The van der Waals surface area contributed by atoms with E-state index in [-0.39, 0.29) is 0 Å². The molecule has 0 saturated carbocycles. The normalized spacial score (nSPS) is 13.7. The second-order valence-electron chi connectivity index (χ2n) is 4.49. The predicted octanol–water partition coefficient (Wildman–Crippen LogP) is 3.51. The number of ether oxygens (including phenoxy) is 2. The van der Waals surface area contributed by atoms with Crippen LogP contribution in [-0.4, -0.2) is 18.2 Å². The molecule has 1 aliphatic heterocycles. The van der Waals surface area contributed by atoms with Gasteiger partial charge in [0.05, 0.1) is 13.2 Å². The van der Waals surface area contributed by atoms with Crippen molar-refractivity contribution in [2.45, 2.75) is 13.0 Å². The first-order valence-corrected chi connectivity index (χ1v) is 6.94. The average molecular weight is 291 g/mol. The van der Waals surface area contributed by atoms with Gasteiger partial charge < -0.3 is 14.8 Å². The molecule has 0 aliphatic carbocycles. The molecule has 0 radical (unpaired) electrons. The van der Waals surface area contributed by atoms with E-state index in [2.05, 4.69) is 10.3 Å². The molecule has 3 rings (SSSR count). The van der Waals surface area contributed by atoms with Crippen LogP contribution in [0, 0.1) is 0 Å². The van der Waals surface area contributed by atoms with Crippen LogP contribution >= 0.6 is 11.6 Å². The number of aromatic nitrogens is 1. The zero-order chi connectivity index (χ0) is 13.8. The van der Waals surface area contributed by atoms with E-state index in [1.807, 2.05) is 30.3 Å². The number of halogens is 1. The minimum absolute atomic E-state index is 0.474. The Morgan fingerprint density at radius 3 is 2.85 bits per heavy atom. The van der Waals surface area contributed by atoms with Crippen molar-refractivity contribution in [3.8, 4) is 11.5 Å². The monoisotopic (exact) mass is 290 g/mol. The van der Waals surface area contributed by atoms with Crippen LogP contribution in [0.15, 0.2) is 36.4 Å². The first-order chi connectivity index (χ1) is 9.83. The summed E-state index contributed by atoms with van der Waals surface area (Å²) in [5, 5.41) is 3.71. The maximum absolute atomic E-state index is 5.87. The summed E-state index contributed by atoms with van der Waals surface area (Å²) < 4.78 is 11.5. The quantitative estimate of drug-likeness (QED) is 0.879. The van der Waals surface area contributed by atoms with Crippen LogP contribution in [0.5, 0.6) is 11.5 Å². The topological polar surface area (TPSA) is 43.4 Å². The summed E-state index contributed by atoms with van der Waals surface area (Å²) in [6.45, 7) is 1.99. The third-order valence-electron chi connectivity index (χ3n) is 3.03. The van der Waals surface area contributed by atoms with Gasteiger partial charge in [-0.1, -0.05) is 29.8 Å². The van der Waals surface area contributed by atoms with Crippen molar-refractivity contribution in [3.63, 3.8) is 0 Å². The van der Waals surface area contributed by atoms with Gasteiger partial charge in [-0.05, 0) is 18.2 Å². The zero-order valence-corrected chi connectivity index (χ0v) is 11.7. The van der Waals surface area contributed by atoms with Crippen LogP contribution in [0.2, 0.25) is 5.15 Å².